The Bertz CT molecular complexity index is 161. The van der Waals surface area contributed by atoms with E-state index in [0.29, 0.717) is 13.2 Å². The van der Waals surface area contributed by atoms with Crippen LogP contribution in [0.15, 0.2) is 0 Å². The molecule has 0 aromatic heterocycles. The first-order valence-corrected chi connectivity index (χ1v) is 4.44. The smallest absolute Gasteiger partial charge is 0.253 e. The molecule has 0 fully saturated rings. The minimum atomic E-state index is -0.537. The van der Waals surface area contributed by atoms with E-state index in [1.165, 1.54) is 12.0 Å². The Hall–Kier alpha value is -0.650. The van der Waals surface area contributed by atoms with E-state index in [2.05, 4.69) is 0 Å². The number of rotatable bonds is 7. The van der Waals surface area contributed by atoms with Gasteiger partial charge in [-0.05, 0) is 0 Å². The van der Waals surface area contributed by atoms with Crippen LogP contribution in [0.5, 0.6) is 0 Å². The molecule has 1 unspecified atom stereocenters. The fourth-order valence-corrected chi connectivity index (χ4v) is 0.904. The second-order valence-corrected chi connectivity index (χ2v) is 3.04. The van der Waals surface area contributed by atoms with Gasteiger partial charge >= 0.3 is 0 Å². The van der Waals surface area contributed by atoms with Gasteiger partial charge in [0.05, 0.1) is 19.8 Å². The van der Waals surface area contributed by atoms with Gasteiger partial charge in [0.15, 0.2) is 6.10 Å². The van der Waals surface area contributed by atoms with Gasteiger partial charge in [-0.1, -0.05) is 0 Å². The second kappa shape index (κ2) is 7.73. The fourth-order valence-electron chi connectivity index (χ4n) is 0.904. The topological polar surface area (TPSA) is 48.0 Å². The maximum Gasteiger partial charge on any atom is 0.253 e. The number of ether oxygens (including phenoxy) is 3. The molecular formula is C9H19NO4. The lowest BCUT2D eigenvalue weighted by Gasteiger charge is -2.20. The quantitative estimate of drug-likeness (QED) is 0.538. The molecule has 0 radical (unpaired) electrons. The first-order valence-electron chi connectivity index (χ1n) is 4.44. The monoisotopic (exact) mass is 205 g/mol. The average molecular weight is 205 g/mol. The zero-order chi connectivity index (χ0) is 11.0. The Morgan fingerprint density at radius 2 is 1.86 bits per heavy atom. The van der Waals surface area contributed by atoms with Gasteiger partial charge in [-0.15, -0.1) is 0 Å². The van der Waals surface area contributed by atoms with Gasteiger partial charge < -0.3 is 19.1 Å². The highest BCUT2D eigenvalue weighted by molar-refractivity contribution is 5.80. The lowest BCUT2D eigenvalue weighted by Crippen LogP contribution is -2.39. The maximum absolute atomic E-state index is 11.5. The molecule has 0 aromatic rings. The van der Waals surface area contributed by atoms with Crippen molar-refractivity contribution in [2.24, 2.45) is 0 Å². The van der Waals surface area contributed by atoms with E-state index in [1.54, 1.807) is 21.2 Å². The number of likely N-dealkylation sites (N-methyl/N-ethyl adjacent to an activating group) is 1. The molecule has 0 aromatic carbocycles. The molecule has 0 bridgehead atoms. The molecular weight excluding hydrogens is 186 g/mol. The molecule has 14 heavy (non-hydrogen) atoms. The van der Waals surface area contributed by atoms with E-state index >= 15 is 0 Å². The molecule has 84 valence electrons. The first-order chi connectivity index (χ1) is 6.63. The molecule has 5 nitrogen and oxygen atoms in total. The van der Waals surface area contributed by atoms with Crippen molar-refractivity contribution in [3.05, 3.63) is 0 Å². The number of hydrogen-bond acceptors (Lipinski definition) is 4. The van der Waals surface area contributed by atoms with Crippen LogP contribution < -0.4 is 0 Å². The van der Waals surface area contributed by atoms with E-state index in [-0.39, 0.29) is 12.5 Å². The highest BCUT2D eigenvalue weighted by Crippen LogP contribution is 1.97. The number of methoxy groups -OCH3 is 2. The Balaban J connectivity index is 3.94. The Morgan fingerprint density at radius 1 is 1.21 bits per heavy atom. The van der Waals surface area contributed by atoms with E-state index in [9.17, 15) is 4.79 Å². The fraction of sp³-hybridized carbons (Fsp3) is 0.889. The van der Waals surface area contributed by atoms with Crippen molar-refractivity contribution >= 4 is 5.91 Å². The maximum atomic E-state index is 11.5. The molecule has 0 rings (SSSR count). The van der Waals surface area contributed by atoms with Crippen LogP contribution in [-0.2, 0) is 19.0 Å². The zero-order valence-electron chi connectivity index (χ0n) is 9.28. The minimum Gasteiger partial charge on any atom is -0.382 e. The number of carbonyl (C=O) groups excluding carboxylic acids is 1. The van der Waals surface area contributed by atoms with Crippen molar-refractivity contribution in [1.82, 2.24) is 4.90 Å². The molecule has 0 heterocycles. The van der Waals surface area contributed by atoms with Gasteiger partial charge in [0.25, 0.3) is 5.91 Å². The van der Waals surface area contributed by atoms with Crippen molar-refractivity contribution in [1.29, 1.82) is 0 Å². The third-order valence-corrected chi connectivity index (χ3v) is 1.64. The molecule has 1 amide bonds. The van der Waals surface area contributed by atoms with Crippen LogP contribution in [0.1, 0.15) is 0 Å². The van der Waals surface area contributed by atoms with E-state index in [1.807, 2.05) is 0 Å². The van der Waals surface area contributed by atoms with Crippen LogP contribution in [0.25, 0.3) is 0 Å². The van der Waals surface area contributed by atoms with Crippen LogP contribution in [0, 0.1) is 0 Å². The molecule has 0 aliphatic carbocycles. The third kappa shape index (κ3) is 5.16. The standard InChI is InChI=1S/C9H19NO4/c1-10(2)9(11)8(7-13-4)14-6-5-12-3/h8H,5-7H2,1-4H3. The number of nitrogens with zero attached hydrogens (tertiary/aromatic N) is 1. The summed E-state index contributed by atoms with van der Waals surface area (Å²) in [6.45, 7) is 1.13. The molecule has 0 saturated heterocycles. The normalized spacial score (nSPS) is 12.6. The molecule has 0 saturated carbocycles. The van der Waals surface area contributed by atoms with Crippen molar-refractivity contribution < 1.29 is 19.0 Å². The summed E-state index contributed by atoms with van der Waals surface area (Å²) in [5.74, 6) is -0.0945. The molecule has 0 spiro atoms. The predicted octanol–water partition coefficient (Wildman–Crippen LogP) is -0.247. The van der Waals surface area contributed by atoms with Crippen LogP contribution in [0.4, 0.5) is 0 Å². The van der Waals surface area contributed by atoms with Gasteiger partial charge in [-0.3, -0.25) is 4.79 Å². The molecule has 1 atom stereocenters. The first kappa shape index (κ1) is 13.4. The van der Waals surface area contributed by atoms with Crippen LogP contribution in [0.2, 0.25) is 0 Å². The van der Waals surface area contributed by atoms with Crippen molar-refractivity contribution in [2.45, 2.75) is 6.10 Å². The highest BCUT2D eigenvalue weighted by atomic mass is 16.5. The second-order valence-electron chi connectivity index (χ2n) is 3.04. The van der Waals surface area contributed by atoms with Crippen molar-refractivity contribution in [2.75, 3.05) is 48.1 Å². The third-order valence-electron chi connectivity index (χ3n) is 1.64. The van der Waals surface area contributed by atoms with Gasteiger partial charge in [-0.25, -0.2) is 0 Å². The SMILES string of the molecule is COCCOC(COC)C(=O)N(C)C. The summed E-state index contributed by atoms with van der Waals surface area (Å²) in [6, 6.07) is 0. The molecule has 0 aliphatic heterocycles. The summed E-state index contributed by atoms with van der Waals surface area (Å²) in [6.07, 6.45) is -0.537. The van der Waals surface area contributed by atoms with E-state index in [4.69, 9.17) is 14.2 Å². The van der Waals surface area contributed by atoms with Gasteiger partial charge in [-0.2, -0.15) is 0 Å². The lowest BCUT2D eigenvalue weighted by molar-refractivity contribution is -0.145. The summed E-state index contributed by atoms with van der Waals surface area (Å²) >= 11 is 0. The van der Waals surface area contributed by atoms with Crippen molar-refractivity contribution in [3.63, 3.8) is 0 Å². The average Bonchev–Trinajstić information content (AvgIpc) is 2.15. The molecule has 5 heteroatoms. The largest absolute Gasteiger partial charge is 0.382 e. The molecule has 0 aliphatic rings. The summed E-state index contributed by atoms with van der Waals surface area (Å²) in [5.41, 5.74) is 0. The summed E-state index contributed by atoms with van der Waals surface area (Å²) < 4.78 is 15.0. The zero-order valence-corrected chi connectivity index (χ0v) is 9.28. The number of amides is 1. The van der Waals surface area contributed by atoms with Gasteiger partial charge in [0, 0.05) is 28.3 Å². The van der Waals surface area contributed by atoms with Crippen LogP contribution >= 0.6 is 0 Å². The number of carbonyl (C=O) groups is 1. The summed E-state index contributed by atoms with van der Waals surface area (Å²) in [4.78, 5) is 13.0. The molecule has 0 N–H and O–H groups in total. The predicted molar refractivity (Wildman–Crippen MR) is 52.2 cm³/mol. The Labute approximate surface area is 84.9 Å². The van der Waals surface area contributed by atoms with Gasteiger partial charge in [0.1, 0.15) is 0 Å². The summed E-state index contributed by atoms with van der Waals surface area (Å²) in [7, 11) is 6.49. The van der Waals surface area contributed by atoms with Crippen LogP contribution in [0.3, 0.4) is 0 Å². The van der Waals surface area contributed by atoms with E-state index in [0.717, 1.165) is 0 Å². The van der Waals surface area contributed by atoms with Crippen LogP contribution in [-0.4, -0.2) is 65.0 Å². The van der Waals surface area contributed by atoms with E-state index < -0.39 is 6.10 Å². The Kier molecular flexibility index (Phi) is 7.37. The Morgan fingerprint density at radius 3 is 2.29 bits per heavy atom. The van der Waals surface area contributed by atoms with Crippen molar-refractivity contribution in [3.8, 4) is 0 Å². The van der Waals surface area contributed by atoms with Gasteiger partial charge in [0.2, 0.25) is 0 Å². The number of hydrogen-bond donors (Lipinski definition) is 0. The lowest BCUT2D eigenvalue weighted by atomic mass is 10.3. The highest BCUT2D eigenvalue weighted by Gasteiger charge is 2.20. The summed E-state index contributed by atoms with van der Waals surface area (Å²) in [5, 5.41) is 0. The minimum absolute atomic E-state index is 0.0945.